The van der Waals surface area contributed by atoms with Crippen molar-refractivity contribution in [1.82, 2.24) is 19.4 Å². The van der Waals surface area contributed by atoms with Crippen molar-refractivity contribution in [2.45, 2.75) is 57.2 Å². The van der Waals surface area contributed by atoms with Crippen LogP contribution in [0.3, 0.4) is 0 Å². The average molecular weight is 719 g/mol. The fraction of sp³-hybridized carbons (Fsp3) is 0.361. The van der Waals surface area contributed by atoms with Crippen molar-refractivity contribution in [3.63, 3.8) is 0 Å². The lowest BCUT2D eigenvalue weighted by Gasteiger charge is -2.46. The van der Waals surface area contributed by atoms with E-state index in [1.54, 1.807) is 46.6 Å². The largest absolute Gasteiger partial charge is 0.491 e. The number of carboxylic acids is 1. The number of aryl methyl sites for hydroxylation is 1. The normalized spacial score (nSPS) is 16.7. The molecule has 7 rings (SSSR count). The van der Waals surface area contributed by atoms with Crippen LogP contribution in [-0.4, -0.2) is 75.3 Å². The minimum Gasteiger partial charge on any atom is -0.491 e. The van der Waals surface area contributed by atoms with E-state index in [1.807, 2.05) is 24.9 Å². The number of pyridine rings is 3. The number of aromatic nitrogens is 3. The molecule has 50 heavy (non-hydrogen) atoms. The summed E-state index contributed by atoms with van der Waals surface area (Å²) in [7, 11) is 1.87. The molecule has 0 bridgehead atoms. The molecule has 1 aromatic carbocycles. The van der Waals surface area contributed by atoms with Gasteiger partial charge in [0.2, 0.25) is 0 Å². The number of nitriles is 1. The monoisotopic (exact) mass is 718 g/mol. The van der Waals surface area contributed by atoms with Gasteiger partial charge >= 0.3 is 5.97 Å². The van der Waals surface area contributed by atoms with Gasteiger partial charge in [-0.25, -0.2) is 18.6 Å². The molecule has 1 saturated carbocycles. The van der Waals surface area contributed by atoms with E-state index >= 15 is 0 Å². The number of aromatic carboxylic acids is 1. The molecule has 0 amide bonds. The maximum Gasteiger partial charge on any atom is 0.338 e. The molecule has 5 heterocycles. The van der Waals surface area contributed by atoms with Gasteiger partial charge in [0.15, 0.2) is 0 Å². The van der Waals surface area contributed by atoms with Gasteiger partial charge in [0.05, 0.1) is 27.7 Å². The second-order valence-corrected chi connectivity index (χ2v) is 14.2. The lowest BCUT2D eigenvalue weighted by atomic mass is 9.85. The highest BCUT2D eigenvalue weighted by atomic mass is 35.5. The number of halogens is 3. The fourth-order valence-corrected chi connectivity index (χ4v) is 8.39. The first kappa shape index (κ1) is 33.8. The molecular formula is C36H33ClF2N6O4S. The van der Waals surface area contributed by atoms with Crippen molar-refractivity contribution in [1.29, 1.82) is 5.26 Å². The Hall–Kier alpha value is -4.64. The van der Waals surface area contributed by atoms with E-state index in [2.05, 4.69) is 20.9 Å². The number of carbonyl (C=O) groups is 1. The third-order valence-electron chi connectivity index (χ3n) is 9.90. The Labute approximate surface area is 295 Å². The molecule has 0 atom stereocenters. The molecule has 1 saturated heterocycles. The van der Waals surface area contributed by atoms with Crippen LogP contribution in [0.15, 0.2) is 52.9 Å². The van der Waals surface area contributed by atoms with E-state index in [1.165, 1.54) is 11.3 Å². The predicted molar refractivity (Wildman–Crippen MR) is 189 cm³/mol. The number of ether oxygens (including phenoxy) is 1. The summed E-state index contributed by atoms with van der Waals surface area (Å²) >= 11 is 7.66. The molecule has 0 spiro atoms. The van der Waals surface area contributed by atoms with Gasteiger partial charge in [-0.2, -0.15) is 5.26 Å². The van der Waals surface area contributed by atoms with Gasteiger partial charge in [0.25, 0.3) is 11.5 Å². The van der Waals surface area contributed by atoms with Crippen molar-refractivity contribution < 1.29 is 23.4 Å². The third-order valence-corrected chi connectivity index (χ3v) is 11.1. The van der Waals surface area contributed by atoms with E-state index < -0.39 is 11.9 Å². The second-order valence-electron chi connectivity index (χ2n) is 12.9. The Kier molecular flexibility index (Phi) is 8.96. The highest BCUT2D eigenvalue weighted by Crippen LogP contribution is 2.42. The SMILES string of the molecule is Cc1cc2cnc(N(C)C3CCN(C4CC(F)(F)C4)CC3)c(C#N)c2c(=O)n1CCOc1ccc(Cl)cc1-c1ccnc2c(C(=O)O)csc12. The standard InChI is InChI=1S/C36H33ClF2N6O4S/c1-20-13-21-18-42-33(43(2)23-6-9-44(10-7-23)24-15-36(38,39)16-24)27(17-40)30(21)34(46)45(20)11-12-49-29-4-3-22(37)14-26(29)25-5-8-41-31-28(35(47)48)19-50-32(25)31/h3-5,8,13-14,18-19,23-24H,6-7,9-12,15-16H2,1-2H3,(H,47,48). The first-order valence-electron chi connectivity index (χ1n) is 16.3. The number of benzene rings is 1. The van der Waals surface area contributed by atoms with Crippen molar-refractivity contribution >= 4 is 55.7 Å². The zero-order valence-corrected chi connectivity index (χ0v) is 28.9. The molecule has 1 aliphatic carbocycles. The Morgan fingerprint density at radius 1 is 1.20 bits per heavy atom. The number of rotatable bonds is 9. The van der Waals surface area contributed by atoms with Gasteiger partial charge in [0, 0.05) is 90.1 Å². The van der Waals surface area contributed by atoms with Crippen molar-refractivity contribution in [3.05, 3.63) is 80.3 Å². The smallest absolute Gasteiger partial charge is 0.338 e. The van der Waals surface area contributed by atoms with Crippen molar-refractivity contribution in [2.24, 2.45) is 0 Å². The molecule has 0 radical (unpaired) electrons. The molecule has 1 N–H and O–H groups in total. The predicted octanol–water partition coefficient (Wildman–Crippen LogP) is 6.98. The Morgan fingerprint density at radius 2 is 1.96 bits per heavy atom. The molecule has 5 aromatic rings. The topological polar surface area (TPSA) is 125 Å². The fourth-order valence-electron chi connectivity index (χ4n) is 7.19. The number of thiophene rings is 1. The highest BCUT2D eigenvalue weighted by Gasteiger charge is 2.48. The molecule has 258 valence electrons. The van der Waals surface area contributed by atoms with E-state index in [4.69, 9.17) is 16.3 Å². The number of carboxylic acid groups (broad SMARTS) is 1. The Bertz CT molecular complexity index is 2240. The molecule has 2 aliphatic rings. The van der Waals surface area contributed by atoms with Gasteiger partial charge in [-0.3, -0.25) is 14.7 Å². The first-order chi connectivity index (χ1) is 24.0. The van der Waals surface area contributed by atoms with Crippen LogP contribution in [0.4, 0.5) is 14.6 Å². The van der Waals surface area contributed by atoms with E-state index in [0.717, 1.165) is 18.4 Å². The number of alkyl halides is 2. The van der Waals surface area contributed by atoms with Gasteiger partial charge in [-0.1, -0.05) is 11.6 Å². The van der Waals surface area contributed by atoms with Crippen LogP contribution in [0.25, 0.3) is 32.1 Å². The van der Waals surface area contributed by atoms with E-state index in [9.17, 15) is 28.7 Å². The number of piperidine rings is 1. The Balaban J connectivity index is 1.12. The summed E-state index contributed by atoms with van der Waals surface area (Å²) in [6, 6.07) is 11.0. The summed E-state index contributed by atoms with van der Waals surface area (Å²) in [5.74, 6) is -2.69. The minimum atomic E-state index is -2.56. The van der Waals surface area contributed by atoms with Gasteiger partial charge in [0.1, 0.15) is 29.8 Å². The molecule has 4 aromatic heterocycles. The Morgan fingerprint density at radius 3 is 2.66 bits per heavy atom. The molecule has 14 heteroatoms. The summed E-state index contributed by atoms with van der Waals surface area (Å²) < 4.78 is 35.4. The second kappa shape index (κ2) is 13.2. The number of nitrogens with zero attached hydrogens (tertiary/aromatic N) is 6. The van der Waals surface area contributed by atoms with E-state index in [-0.39, 0.29) is 60.1 Å². The van der Waals surface area contributed by atoms with Crippen LogP contribution in [0.5, 0.6) is 5.75 Å². The molecule has 10 nitrogen and oxygen atoms in total. The van der Waals surface area contributed by atoms with Crippen LogP contribution in [0.2, 0.25) is 5.02 Å². The van der Waals surface area contributed by atoms with Crippen LogP contribution in [-0.2, 0) is 6.54 Å². The lowest BCUT2D eigenvalue weighted by molar-refractivity contribution is -0.127. The maximum absolute atomic E-state index is 14.0. The zero-order valence-electron chi connectivity index (χ0n) is 27.3. The number of likely N-dealkylation sites (tertiary alicyclic amines) is 1. The zero-order chi connectivity index (χ0) is 35.3. The highest BCUT2D eigenvalue weighted by molar-refractivity contribution is 7.18. The number of hydrogen-bond acceptors (Lipinski definition) is 9. The number of fused-ring (bicyclic) bond motifs is 2. The number of anilines is 1. The first-order valence-corrected chi connectivity index (χ1v) is 17.5. The van der Waals surface area contributed by atoms with Crippen molar-refractivity contribution in [2.75, 3.05) is 31.6 Å². The lowest BCUT2D eigenvalue weighted by Crippen LogP contribution is -2.55. The maximum atomic E-state index is 14.0. The van der Waals surface area contributed by atoms with Crippen molar-refractivity contribution in [3.8, 4) is 22.9 Å². The quantitative estimate of drug-likeness (QED) is 0.172. The molecule has 0 unspecified atom stereocenters. The summed E-state index contributed by atoms with van der Waals surface area (Å²) in [5, 5.41) is 22.8. The third kappa shape index (κ3) is 6.16. The summed E-state index contributed by atoms with van der Waals surface area (Å²) in [6.45, 7) is 3.50. The summed E-state index contributed by atoms with van der Waals surface area (Å²) in [6.07, 6.45) is 4.48. The van der Waals surface area contributed by atoms with Gasteiger partial charge in [-0.05, 0) is 50.1 Å². The van der Waals surface area contributed by atoms with Crippen LogP contribution in [0, 0.1) is 18.3 Å². The van der Waals surface area contributed by atoms with Crippen LogP contribution >= 0.6 is 22.9 Å². The summed E-state index contributed by atoms with van der Waals surface area (Å²) in [4.78, 5) is 38.8. The van der Waals surface area contributed by atoms with E-state index in [0.29, 0.717) is 56.5 Å². The minimum absolute atomic E-state index is 0.0463. The molecular weight excluding hydrogens is 686 g/mol. The number of hydrogen-bond donors (Lipinski definition) is 1. The molecule has 1 aliphatic heterocycles. The summed E-state index contributed by atoms with van der Waals surface area (Å²) in [5.41, 5.74) is 2.43. The van der Waals surface area contributed by atoms with Crippen LogP contribution < -0.4 is 15.2 Å². The van der Waals surface area contributed by atoms with Gasteiger partial charge in [-0.15, -0.1) is 11.3 Å². The van der Waals surface area contributed by atoms with Gasteiger partial charge < -0.3 is 19.3 Å². The van der Waals surface area contributed by atoms with Crippen LogP contribution in [0.1, 0.15) is 47.3 Å². The molecule has 2 fully saturated rings. The average Bonchev–Trinajstić information content (AvgIpc) is 3.53.